The van der Waals surface area contributed by atoms with Crippen LogP contribution in [0.15, 0.2) is 36.4 Å². The Morgan fingerprint density at radius 2 is 1.76 bits per heavy atom. The maximum Gasteiger partial charge on any atom is 0.424 e. The second-order valence-electron chi connectivity index (χ2n) is 9.05. The van der Waals surface area contributed by atoms with Gasteiger partial charge in [0.05, 0.1) is 17.9 Å². The molecule has 1 aromatic carbocycles. The molecule has 3 N–H and O–H groups in total. The van der Waals surface area contributed by atoms with Gasteiger partial charge in [-0.3, -0.25) is 0 Å². The molecular formula is C23H28F4N4O3. The summed E-state index contributed by atoms with van der Waals surface area (Å²) in [7, 11) is 0. The summed E-state index contributed by atoms with van der Waals surface area (Å²) in [6.45, 7) is 5.83. The van der Waals surface area contributed by atoms with E-state index in [-0.39, 0.29) is 5.69 Å². The number of alkyl carbamates (subject to hydrolysis) is 1. The first kappa shape index (κ1) is 25.7. The number of hydrogen-bond donors (Lipinski definition) is 3. The minimum atomic E-state index is -5.17. The molecule has 186 valence electrons. The molecule has 1 aliphatic rings. The van der Waals surface area contributed by atoms with Crippen molar-refractivity contribution < 1.29 is 32.2 Å². The number of carbonyl (C=O) groups excluding carboxylic acids is 1. The molecular weight excluding hydrogens is 456 g/mol. The zero-order valence-corrected chi connectivity index (χ0v) is 19.2. The van der Waals surface area contributed by atoms with Crippen LogP contribution in [0.2, 0.25) is 0 Å². The lowest BCUT2D eigenvalue weighted by atomic mass is 9.96. The Balaban J connectivity index is 2.05. The van der Waals surface area contributed by atoms with Crippen LogP contribution in [0.5, 0.6) is 0 Å². The summed E-state index contributed by atoms with van der Waals surface area (Å²) in [6.07, 6.45) is -6.27. The first-order chi connectivity index (χ1) is 15.8. The Labute approximate surface area is 195 Å². The Bertz CT molecular complexity index is 1000. The van der Waals surface area contributed by atoms with Crippen LogP contribution in [0, 0.1) is 5.82 Å². The van der Waals surface area contributed by atoms with E-state index in [1.165, 1.54) is 30.3 Å². The number of aromatic nitrogens is 1. The highest BCUT2D eigenvalue weighted by Gasteiger charge is 2.56. The number of alkyl halides is 3. The van der Waals surface area contributed by atoms with Crippen molar-refractivity contribution in [3.05, 3.63) is 47.9 Å². The number of nitrogens with one attached hydrogen (secondary N) is 2. The molecule has 0 aliphatic carbocycles. The van der Waals surface area contributed by atoms with Crippen LogP contribution in [0.4, 0.5) is 28.0 Å². The molecule has 2 heterocycles. The van der Waals surface area contributed by atoms with Crippen LogP contribution in [0.1, 0.15) is 26.5 Å². The number of benzene rings is 1. The number of rotatable bonds is 5. The summed E-state index contributed by atoms with van der Waals surface area (Å²) >= 11 is 0. The van der Waals surface area contributed by atoms with Gasteiger partial charge < -0.3 is 25.4 Å². The van der Waals surface area contributed by atoms with Gasteiger partial charge in [-0.05, 0) is 57.2 Å². The largest absolute Gasteiger partial charge is 0.444 e. The average molecular weight is 484 g/mol. The number of anilines is 1. The summed E-state index contributed by atoms with van der Waals surface area (Å²) in [4.78, 5) is 18.0. The van der Waals surface area contributed by atoms with E-state index < -0.39 is 41.5 Å². The number of amides is 1. The maximum atomic E-state index is 14.2. The first-order valence-electron chi connectivity index (χ1n) is 10.8. The minimum Gasteiger partial charge on any atom is -0.444 e. The Hall–Kier alpha value is -2.92. The van der Waals surface area contributed by atoms with E-state index in [0.717, 1.165) is 0 Å². The van der Waals surface area contributed by atoms with Crippen molar-refractivity contribution in [3.63, 3.8) is 0 Å². The summed E-state index contributed by atoms with van der Waals surface area (Å²) in [5.74, 6) is -0.504. The SMILES string of the molecule is CC(C)(C)OC(=O)NCC(O)(c1cc(N2CCNCC2)cc(-c2ccc(F)cc2)n1)C(F)(F)F. The predicted octanol–water partition coefficient (Wildman–Crippen LogP) is 3.57. The molecule has 1 saturated heterocycles. The van der Waals surface area contributed by atoms with Gasteiger partial charge in [-0.1, -0.05) is 0 Å². The van der Waals surface area contributed by atoms with Crippen LogP contribution in [-0.4, -0.2) is 60.7 Å². The third-order valence-electron chi connectivity index (χ3n) is 5.21. The average Bonchev–Trinajstić information content (AvgIpc) is 2.76. The van der Waals surface area contributed by atoms with Crippen LogP contribution in [0.25, 0.3) is 11.3 Å². The number of aliphatic hydroxyl groups is 1. The van der Waals surface area contributed by atoms with Crippen LogP contribution >= 0.6 is 0 Å². The molecule has 34 heavy (non-hydrogen) atoms. The van der Waals surface area contributed by atoms with Gasteiger partial charge in [-0.25, -0.2) is 14.2 Å². The number of piperazine rings is 1. The van der Waals surface area contributed by atoms with Crippen molar-refractivity contribution in [2.24, 2.45) is 0 Å². The van der Waals surface area contributed by atoms with Crippen LogP contribution in [0.3, 0.4) is 0 Å². The molecule has 1 aliphatic heterocycles. The fraction of sp³-hybridized carbons (Fsp3) is 0.478. The highest BCUT2D eigenvalue weighted by atomic mass is 19.4. The zero-order chi connectivity index (χ0) is 25.1. The molecule has 7 nitrogen and oxygen atoms in total. The third-order valence-corrected chi connectivity index (χ3v) is 5.21. The van der Waals surface area contributed by atoms with E-state index >= 15 is 0 Å². The van der Waals surface area contributed by atoms with Gasteiger partial charge >= 0.3 is 12.3 Å². The summed E-state index contributed by atoms with van der Waals surface area (Å²) < 4.78 is 61.0. The van der Waals surface area contributed by atoms with Crippen molar-refractivity contribution in [3.8, 4) is 11.3 Å². The number of nitrogens with zero attached hydrogens (tertiary/aromatic N) is 2. The third kappa shape index (κ3) is 6.15. The van der Waals surface area contributed by atoms with Crippen LogP contribution in [-0.2, 0) is 10.3 Å². The number of carbonyl (C=O) groups is 1. The summed E-state index contributed by atoms with van der Waals surface area (Å²) in [6, 6.07) is 7.91. The van der Waals surface area contributed by atoms with E-state index in [4.69, 9.17) is 4.74 Å². The van der Waals surface area contributed by atoms with E-state index in [1.807, 2.05) is 10.2 Å². The number of ether oxygens (including phenoxy) is 1. The molecule has 1 unspecified atom stereocenters. The van der Waals surface area contributed by atoms with Crippen molar-refractivity contribution >= 4 is 11.8 Å². The molecule has 1 amide bonds. The Morgan fingerprint density at radius 1 is 1.15 bits per heavy atom. The molecule has 11 heteroatoms. The Morgan fingerprint density at radius 3 is 2.32 bits per heavy atom. The van der Waals surface area contributed by atoms with E-state index in [1.54, 1.807) is 26.8 Å². The smallest absolute Gasteiger partial charge is 0.424 e. The van der Waals surface area contributed by atoms with Crippen molar-refractivity contribution in [1.29, 1.82) is 0 Å². The Kier molecular flexibility index (Phi) is 7.37. The minimum absolute atomic E-state index is 0.131. The fourth-order valence-electron chi connectivity index (χ4n) is 3.45. The van der Waals surface area contributed by atoms with Crippen LogP contribution < -0.4 is 15.5 Å². The second-order valence-corrected chi connectivity index (χ2v) is 9.05. The fourth-order valence-corrected chi connectivity index (χ4v) is 3.45. The maximum absolute atomic E-state index is 14.2. The highest BCUT2D eigenvalue weighted by molar-refractivity contribution is 5.68. The summed E-state index contributed by atoms with van der Waals surface area (Å²) in [5.41, 5.74) is -4.19. The van der Waals surface area contributed by atoms with Crippen molar-refractivity contribution in [1.82, 2.24) is 15.6 Å². The van der Waals surface area contributed by atoms with Gasteiger partial charge in [-0.2, -0.15) is 13.2 Å². The molecule has 1 atom stereocenters. The van der Waals surface area contributed by atoms with Crippen molar-refractivity contribution in [2.45, 2.75) is 38.1 Å². The van der Waals surface area contributed by atoms with Gasteiger partial charge in [0.1, 0.15) is 11.4 Å². The molecule has 0 bridgehead atoms. The molecule has 3 rings (SSSR count). The molecule has 2 aromatic rings. The number of pyridine rings is 1. The lowest BCUT2D eigenvalue weighted by Gasteiger charge is -2.33. The lowest BCUT2D eigenvalue weighted by Crippen LogP contribution is -2.52. The first-order valence-corrected chi connectivity index (χ1v) is 10.8. The number of halogens is 4. The molecule has 1 fully saturated rings. The molecule has 1 aromatic heterocycles. The second kappa shape index (κ2) is 9.75. The van der Waals surface area contributed by atoms with Crippen molar-refractivity contribution in [2.75, 3.05) is 37.6 Å². The summed E-state index contributed by atoms with van der Waals surface area (Å²) in [5, 5.41) is 16.0. The van der Waals surface area contributed by atoms with Gasteiger partial charge in [-0.15, -0.1) is 0 Å². The highest BCUT2D eigenvalue weighted by Crippen LogP contribution is 2.40. The van der Waals surface area contributed by atoms with Gasteiger partial charge in [0.15, 0.2) is 0 Å². The normalized spacial score (nSPS) is 16.6. The zero-order valence-electron chi connectivity index (χ0n) is 19.2. The van der Waals surface area contributed by atoms with E-state index in [9.17, 15) is 27.5 Å². The topological polar surface area (TPSA) is 86.7 Å². The van der Waals surface area contributed by atoms with E-state index in [0.29, 0.717) is 37.4 Å². The quantitative estimate of drug-likeness (QED) is 0.563. The van der Waals surface area contributed by atoms with Gasteiger partial charge in [0.2, 0.25) is 5.60 Å². The molecule has 0 saturated carbocycles. The molecule has 0 radical (unpaired) electrons. The number of hydrogen-bond acceptors (Lipinski definition) is 6. The molecule has 0 spiro atoms. The lowest BCUT2D eigenvalue weighted by molar-refractivity contribution is -0.265. The van der Waals surface area contributed by atoms with E-state index in [2.05, 4.69) is 10.3 Å². The standard InChI is InChI=1S/C23H28F4N4O3/c1-21(2,3)34-20(32)29-14-22(33,23(25,26)27)19-13-17(31-10-8-28-9-11-31)12-18(30-19)15-4-6-16(24)7-5-15/h4-7,12-13,28,33H,8-11,14H2,1-3H3,(H,29,32). The predicted molar refractivity (Wildman–Crippen MR) is 119 cm³/mol. The van der Waals surface area contributed by atoms with Gasteiger partial charge in [0.25, 0.3) is 0 Å². The van der Waals surface area contributed by atoms with Gasteiger partial charge in [0, 0.05) is 37.4 Å². The monoisotopic (exact) mass is 484 g/mol.